The summed E-state index contributed by atoms with van der Waals surface area (Å²) in [4.78, 5) is 33.2. The number of nitro benzene ring substituents is 1. The number of benzene rings is 1. The topological polar surface area (TPSA) is 120 Å². The van der Waals surface area contributed by atoms with Crippen LogP contribution >= 0.6 is 11.8 Å². The van der Waals surface area contributed by atoms with Crippen molar-refractivity contribution in [2.75, 3.05) is 12.3 Å². The highest BCUT2D eigenvalue weighted by Gasteiger charge is 2.13. The highest BCUT2D eigenvalue weighted by atomic mass is 32.2. The minimum absolute atomic E-state index is 0.0496. The molecular weight excluding hydrogens is 358 g/mol. The summed E-state index contributed by atoms with van der Waals surface area (Å²) in [6.07, 6.45) is 1.42. The van der Waals surface area contributed by atoms with Crippen molar-refractivity contribution < 1.29 is 14.5 Å². The van der Waals surface area contributed by atoms with Crippen LogP contribution in [0.25, 0.3) is 0 Å². The van der Waals surface area contributed by atoms with Gasteiger partial charge in [-0.15, -0.1) is 10.2 Å². The first-order chi connectivity index (χ1) is 12.4. The molecule has 9 nitrogen and oxygen atoms in total. The van der Waals surface area contributed by atoms with Gasteiger partial charge in [0.15, 0.2) is 10.9 Å². The Morgan fingerprint density at radius 3 is 2.58 bits per heavy atom. The highest BCUT2D eigenvalue weighted by Crippen LogP contribution is 2.19. The third kappa shape index (κ3) is 5.38. The molecule has 1 aromatic heterocycles. The van der Waals surface area contributed by atoms with Crippen molar-refractivity contribution in [2.24, 2.45) is 7.05 Å². The summed E-state index contributed by atoms with van der Waals surface area (Å²) < 4.78 is 1.82. The number of aromatic nitrogens is 3. The SMILES string of the molecule is CC(=O)NCCCc1nnc(SCC(=O)c2ccc([N+](=O)[O-])cc2)n1C. The lowest BCUT2D eigenvalue weighted by Gasteiger charge is -2.04. The summed E-state index contributed by atoms with van der Waals surface area (Å²) in [7, 11) is 1.83. The van der Waals surface area contributed by atoms with Crippen LogP contribution < -0.4 is 5.32 Å². The van der Waals surface area contributed by atoms with Gasteiger partial charge in [0.2, 0.25) is 5.91 Å². The predicted octanol–water partition coefficient (Wildman–Crippen LogP) is 1.77. The van der Waals surface area contributed by atoms with Crippen LogP contribution in [0.1, 0.15) is 29.5 Å². The molecular formula is C16H19N5O4S. The largest absolute Gasteiger partial charge is 0.356 e. The van der Waals surface area contributed by atoms with Gasteiger partial charge >= 0.3 is 0 Å². The second-order valence-corrected chi connectivity index (χ2v) is 6.50. The zero-order valence-corrected chi connectivity index (χ0v) is 15.3. The van der Waals surface area contributed by atoms with E-state index in [-0.39, 0.29) is 23.1 Å². The van der Waals surface area contributed by atoms with Gasteiger partial charge in [-0.1, -0.05) is 11.8 Å². The maximum Gasteiger partial charge on any atom is 0.269 e. The lowest BCUT2D eigenvalue weighted by molar-refractivity contribution is -0.384. The molecule has 0 radical (unpaired) electrons. The molecule has 2 aromatic rings. The fourth-order valence-corrected chi connectivity index (χ4v) is 3.01. The van der Waals surface area contributed by atoms with Crippen LogP contribution in [0.2, 0.25) is 0 Å². The normalized spacial score (nSPS) is 10.5. The summed E-state index contributed by atoms with van der Waals surface area (Å²) in [6, 6.07) is 5.52. The predicted molar refractivity (Wildman–Crippen MR) is 96.2 cm³/mol. The number of amides is 1. The maximum atomic E-state index is 12.2. The number of hydrogen-bond donors (Lipinski definition) is 1. The van der Waals surface area contributed by atoms with Crippen molar-refractivity contribution in [3.8, 4) is 0 Å². The molecule has 0 aliphatic rings. The van der Waals surface area contributed by atoms with Gasteiger partial charge in [0, 0.05) is 44.6 Å². The molecule has 1 N–H and O–H groups in total. The van der Waals surface area contributed by atoms with Crippen molar-refractivity contribution in [3.63, 3.8) is 0 Å². The lowest BCUT2D eigenvalue weighted by Crippen LogP contribution is -2.21. The molecule has 0 unspecified atom stereocenters. The monoisotopic (exact) mass is 377 g/mol. The van der Waals surface area contributed by atoms with Crippen LogP contribution in [-0.4, -0.2) is 43.7 Å². The summed E-state index contributed by atoms with van der Waals surface area (Å²) >= 11 is 1.26. The van der Waals surface area contributed by atoms with Crippen LogP contribution in [0.15, 0.2) is 29.4 Å². The molecule has 1 heterocycles. The van der Waals surface area contributed by atoms with E-state index in [1.54, 1.807) is 0 Å². The third-order valence-corrected chi connectivity index (χ3v) is 4.63. The van der Waals surface area contributed by atoms with Gasteiger partial charge in [-0.05, 0) is 18.6 Å². The number of rotatable bonds is 9. The minimum atomic E-state index is -0.504. The number of nitro groups is 1. The molecule has 138 valence electrons. The molecule has 0 atom stereocenters. The first-order valence-corrected chi connectivity index (χ1v) is 8.90. The third-order valence-electron chi connectivity index (χ3n) is 3.61. The number of thioether (sulfide) groups is 1. The van der Waals surface area contributed by atoms with E-state index in [2.05, 4.69) is 15.5 Å². The standard InChI is InChI=1S/C16H19N5O4S/c1-11(22)17-9-3-4-15-18-19-16(20(15)2)26-10-14(23)12-5-7-13(8-6-12)21(24)25/h5-8H,3-4,9-10H2,1-2H3,(H,17,22). The van der Waals surface area contributed by atoms with E-state index in [1.807, 2.05) is 11.6 Å². The highest BCUT2D eigenvalue weighted by molar-refractivity contribution is 7.99. The van der Waals surface area contributed by atoms with Gasteiger partial charge in [0.25, 0.3) is 5.69 Å². The first-order valence-electron chi connectivity index (χ1n) is 7.91. The molecule has 1 aromatic carbocycles. The van der Waals surface area contributed by atoms with E-state index in [9.17, 15) is 19.7 Å². The Balaban J connectivity index is 1.88. The molecule has 0 fully saturated rings. The smallest absolute Gasteiger partial charge is 0.269 e. The molecule has 26 heavy (non-hydrogen) atoms. The number of aryl methyl sites for hydroxylation is 1. The molecule has 1 amide bonds. The van der Waals surface area contributed by atoms with Crippen molar-refractivity contribution in [1.29, 1.82) is 0 Å². The number of ketones is 1. The van der Waals surface area contributed by atoms with Crippen molar-refractivity contribution in [3.05, 3.63) is 45.8 Å². The summed E-state index contributed by atoms with van der Waals surface area (Å²) in [6.45, 7) is 2.04. The molecule has 0 saturated carbocycles. The number of hydrogen-bond acceptors (Lipinski definition) is 7. The fraction of sp³-hybridized carbons (Fsp3) is 0.375. The Bertz CT molecular complexity index is 803. The van der Waals surface area contributed by atoms with Crippen molar-refractivity contribution >= 4 is 29.1 Å². The lowest BCUT2D eigenvalue weighted by atomic mass is 10.1. The zero-order chi connectivity index (χ0) is 19.1. The number of carbonyl (C=O) groups excluding carboxylic acids is 2. The molecule has 2 rings (SSSR count). The molecule has 0 saturated heterocycles. The number of Topliss-reactive ketones (excluding diaryl/α,β-unsaturated/α-hetero) is 1. The van der Waals surface area contributed by atoms with E-state index < -0.39 is 4.92 Å². The number of nitrogens with one attached hydrogen (secondary N) is 1. The van der Waals surface area contributed by atoms with E-state index >= 15 is 0 Å². The Morgan fingerprint density at radius 2 is 1.96 bits per heavy atom. The number of nitrogens with zero attached hydrogens (tertiary/aromatic N) is 4. The van der Waals surface area contributed by atoms with Crippen LogP contribution in [0.4, 0.5) is 5.69 Å². The van der Waals surface area contributed by atoms with Crippen LogP contribution in [0.3, 0.4) is 0 Å². The maximum absolute atomic E-state index is 12.2. The van der Waals surface area contributed by atoms with Crippen molar-refractivity contribution in [2.45, 2.75) is 24.9 Å². The van der Waals surface area contributed by atoms with Gasteiger partial charge in [-0.25, -0.2) is 0 Å². The van der Waals surface area contributed by atoms with Crippen molar-refractivity contribution in [1.82, 2.24) is 20.1 Å². The van der Waals surface area contributed by atoms with E-state index in [1.165, 1.54) is 43.0 Å². The van der Waals surface area contributed by atoms with Crippen LogP contribution in [0, 0.1) is 10.1 Å². The van der Waals surface area contributed by atoms with Gasteiger partial charge in [0.05, 0.1) is 10.7 Å². The van der Waals surface area contributed by atoms with Gasteiger partial charge in [-0.3, -0.25) is 19.7 Å². The first kappa shape index (κ1) is 19.6. The van der Waals surface area contributed by atoms with Gasteiger partial charge in [0.1, 0.15) is 5.82 Å². The average Bonchev–Trinajstić information content (AvgIpc) is 2.96. The Labute approximate surface area is 154 Å². The minimum Gasteiger partial charge on any atom is -0.356 e. The van der Waals surface area contributed by atoms with E-state index in [0.717, 1.165) is 12.2 Å². The second kappa shape index (κ2) is 9.09. The number of non-ortho nitro benzene ring substituents is 1. The van der Waals surface area contributed by atoms with Crippen LogP contribution in [-0.2, 0) is 18.3 Å². The van der Waals surface area contributed by atoms with Crippen LogP contribution in [0.5, 0.6) is 0 Å². The quantitative estimate of drug-likeness (QED) is 0.232. The fourth-order valence-electron chi connectivity index (χ4n) is 2.18. The Hall–Kier alpha value is -2.75. The average molecular weight is 377 g/mol. The second-order valence-electron chi connectivity index (χ2n) is 5.56. The number of carbonyl (C=O) groups is 2. The zero-order valence-electron chi connectivity index (χ0n) is 14.5. The van der Waals surface area contributed by atoms with E-state index in [4.69, 9.17) is 0 Å². The Kier molecular flexibility index (Phi) is 6.84. The van der Waals surface area contributed by atoms with E-state index in [0.29, 0.717) is 23.7 Å². The Morgan fingerprint density at radius 1 is 1.27 bits per heavy atom. The summed E-state index contributed by atoms with van der Waals surface area (Å²) in [5.74, 6) is 0.736. The van der Waals surface area contributed by atoms with Gasteiger partial charge < -0.3 is 9.88 Å². The molecule has 0 spiro atoms. The van der Waals surface area contributed by atoms with Gasteiger partial charge in [-0.2, -0.15) is 0 Å². The summed E-state index contributed by atoms with van der Waals surface area (Å²) in [5.41, 5.74) is 0.368. The molecule has 10 heteroatoms. The molecule has 0 aliphatic heterocycles. The molecule has 0 bridgehead atoms. The summed E-state index contributed by atoms with van der Waals surface area (Å²) in [5, 5.41) is 22.2. The molecule has 0 aliphatic carbocycles.